The Bertz CT molecular complexity index is 1570. The summed E-state index contributed by atoms with van der Waals surface area (Å²) in [5, 5.41) is 13.8. The normalized spacial score (nSPS) is 39.8. The Morgan fingerprint density at radius 3 is 2.25 bits per heavy atom. The topological polar surface area (TPSA) is 72.9 Å². The second-order valence-corrected chi connectivity index (χ2v) is 19.7. The number of aromatic carboxylic acids is 1. The number of amides is 1. The van der Waals surface area contributed by atoms with Crippen LogP contribution in [0.15, 0.2) is 42.5 Å². The standard InChI is InChI=1S/C46H69N3O3/c1-9-10-39(50)49-29-27-48(28-30-49)26-25-47-46-22-17-34(31(2)3)40(46)36-15-16-38-43(6)20-18-35(32-11-13-33(14-12-32)41(51)52)42(4,5)37(43)19-21-45(38,8)44(36,7)23-24-46/h11-14,18,34,36-38,40,47H,2,9-10,15-17,19-30H2,1,3-8H3,(H,51,52). The van der Waals surface area contributed by atoms with Gasteiger partial charge in [-0.2, -0.15) is 0 Å². The third-order valence-electron chi connectivity index (χ3n) is 17.2. The van der Waals surface area contributed by atoms with Crippen molar-refractivity contribution in [3.05, 3.63) is 53.6 Å². The summed E-state index contributed by atoms with van der Waals surface area (Å²) in [5.74, 6) is 2.72. The van der Waals surface area contributed by atoms with E-state index in [1.54, 1.807) is 12.1 Å². The van der Waals surface area contributed by atoms with Crippen LogP contribution in [0.4, 0.5) is 0 Å². The summed E-state index contributed by atoms with van der Waals surface area (Å²) in [6, 6.07) is 7.63. The second kappa shape index (κ2) is 13.7. The molecular weight excluding hydrogens is 643 g/mol. The van der Waals surface area contributed by atoms with Gasteiger partial charge in [-0.3, -0.25) is 9.69 Å². The molecule has 1 aromatic rings. The van der Waals surface area contributed by atoms with Gasteiger partial charge in [0.1, 0.15) is 0 Å². The molecule has 0 bridgehead atoms. The highest BCUT2D eigenvalue weighted by molar-refractivity contribution is 5.88. The zero-order valence-corrected chi connectivity index (χ0v) is 33.7. The second-order valence-electron chi connectivity index (χ2n) is 19.7. The Labute approximate surface area is 315 Å². The van der Waals surface area contributed by atoms with E-state index in [-0.39, 0.29) is 16.4 Å². The van der Waals surface area contributed by atoms with Gasteiger partial charge in [0.2, 0.25) is 5.91 Å². The Morgan fingerprint density at radius 1 is 0.885 bits per heavy atom. The number of fused-ring (bicyclic) bond motifs is 7. The summed E-state index contributed by atoms with van der Waals surface area (Å²) in [6.07, 6.45) is 15.6. The third kappa shape index (κ3) is 5.87. The molecule has 1 aromatic carbocycles. The monoisotopic (exact) mass is 712 g/mol. The van der Waals surface area contributed by atoms with E-state index in [9.17, 15) is 14.7 Å². The predicted octanol–water partition coefficient (Wildman–Crippen LogP) is 9.32. The Balaban J connectivity index is 1.10. The van der Waals surface area contributed by atoms with Crippen molar-refractivity contribution < 1.29 is 14.7 Å². The fraction of sp³-hybridized carbons (Fsp3) is 0.739. The highest BCUT2D eigenvalue weighted by Gasteiger charge is 2.70. The van der Waals surface area contributed by atoms with Gasteiger partial charge in [0.05, 0.1) is 5.56 Å². The van der Waals surface area contributed by atoms with Crippen molar-refractivity contribution in [1.82, 2.24) is 15.1 Å². The van der Waals surface area contributed by atoms with Gasteiger partial charge >= 0.3 is 5.97 Å². The molecule has 6 heteroatoms. The maximum absolute atomic E-state index is 12.5. The van der Waals surface area contributed by atoms with Gasteiger partial charge in [0, 0.05) is 51.2 Å². The molecule has 9 unspecified atom stereocenters. The molecule has 5 aliphatic carbocycles. The van der Waals surface area contributed by atoms with Crippen molar-refractivity contribution in [1.29, 1.82) is 0 Å². The molecule has 5 fully saturated rings. The molecule has 2 N–H and O–H groups in total. The third-order valence-corrected chi connectivity index (χ3v) is 17.2. The van der Waals surface area contributed by atoms with Crippen molar-refractivity contribution in [2.45, 2.75) is 125 Å². The van der Waals surface area contributed by atoms with Crippen LogP contribution in [0, 0.1) is 51.2 Å². The predicted molar refractivity (Wildman–Crippen MR) is 212 cm³/mol. The van der Waals surface area contributed by atoms with E-state index < -0.39 is 5.97 Å². The van der Waals surface area contributed by atoms with Crippen LogP contribution in [-0.4, -0.2) is 71.6 Å². The number of carbonyl (C=O) groups is 2. The number of carboxylic acid groups (broad SMARTS) is 1. The minimum absolute atomic E-state index is 0.0244. The van der Waals surface area contributed by atoms with Crippen LogP contribution in [0.2, 0.25) is 0 Å². The number of benzene rings is 1. The minimum Gasteiger partial charge on any atom is -0.478 e. The van der Waals surface area contributed by atoms with Gasteiger partial charge in [0.15, 0.2) is 0 Å². The molecule has 0 spiro atoms. The zero-order valence-electron chi connectivity index (χ0n) is 33.7. The summed E-state index contributed by atoms with van der Waals surface area (Å²) in [6.45, 7) is 28.0. The van der Waals surface area contributed by atoms with Crippen LogP contribution in [0.5, 0.6) is 0 Å². The lowest BCUT2D eigenvalue weighted by Gasteiger charge is -2.72. The van der Waals surface area contributed by atoms with Crippen LogP contribution in [0.25, 0.3) is 5.57 Å². The van der Waals surface area contributed by atoms with Crippen molar-refractivity contribution >= 4 is 17.4 Å². The first kappa shape index (κ1) is 37.9. The van der Waals surface area contributed by atoms with Crippen LogP contribution in [-0.2, 0) is 4.79 Å². The van der Waals surface area contributed by atoms with Crippen LogP contribution < -0.4 is 5.32 Å². The fourth-order valence-corrected chi connectivity index (χ4v) is 14.4. The van der Waals surface area contributed by atoms with Gasteiger partial charge < -0.3 is 15.3 Å². The number of nitrogens with zero attached hydrogens (tertiary/aromatic N) is 2. The molecule has 286 valence electrons. The summed E-state index contributed by atoms with van der Waals surface area (Å²) in [4.78, 5) is 28.7. The number of nitrogens with one attached hydrogen (secondary N) is 1. The zero-order chi connectivity index (χ0) is 37.3. The van der Waals surface area contributed by atoms with E-state index in [2.05, 4.69) is 76.2 Å². The molecule has 9 atom stereocenters. The SMILES string of the molecule is C=C(C)C1CCC2(NCCN3CCN(C(=O)CCC)CC3)CCC3(C)C(CCC4C5(C)CC=C(c6ccc(C(=O)O)cc6)C(C)(C)C5CCC43C)C12. The maximum atomic E-state index is 12.5. The number of rotatable bonds is 9. The number of hydrogen-bond donors (Lipinski definition) is 2. The van der Waals surface area contributed by atoms with Crippen LogP contribution >= 0.6 is 0 Å². The first-order valence-electron chi connectivity index (χ1n) is 21.1. The van der Waals surface area contributed by atoms with E-state index >= 15 is 0 Å². The molecular formula is C46H69N3O3. The number of carbonyl (C=O) groups excluding carboxylic acids is 1. The largest absolute Gasteiger partial charge is 0.478 e. The smallest absolute Gasteiger partial charge is 0.335 e. The lowest BCUT2D eigenvalue weighted by atomic mass is 9.33. The van der Waals surface area contributed by atoms with E-state index in [0.717, 1.165) is 52.1 Å². The average molecular weight is 712 g/mol. The number of piperazine rings is 1. The molecule has 0 radical (unpaired) electrons. The van der Waals surface area contributed by atoms with Crippen molar-refractivity contribution in [3.8, 4) is 0 Å². The van der Waals surface area contributed by atoms with Gasteiger partial charge in [-0.05, 0) is 146 Å². The summed E-state index contributed by atoms with van der Waals surface area (Å²) in [7, 11) is 0. The highest BCUT2D eigenvalue weighted by Crippen LogP contribution is 2.76. The van der Waals surface area contributed by atoms with Crippen molar-refractivity contribution in [3.63, 3.8) is 0 Å². The molecule has 6 nitrogen and oxygen atoms in total. The Kier molecular flexibility index (Phi) is 9.97. The number of hydrogen-bond acceptors (Lipinski definition) is 4. The molecule has 4 saturated carbocycles. The molecule has 6 aliphatic rings. The number of carboxylic acids is 1. The lowest BCUT2D eigenvalue weighted by Crippen LogP contribution is -2.68. The van der Waals surface area contributed by atoms with Gasteiger partial charge in [-0.25, -0.2) is 4.79 Å². The Morgan fingerprint density at radius 2 is 1.60 bits per heavy atom. The Hall–Kier alpha value is -2.44. The van der Waals surface area contributed by atoms with Crippen LogP contribution in [0.3, 0.4) is 0 Å². The molecule has 1 amide bonds. The van der Waals surface area contributed by atoms with Gasteiger partial charge in [-0.15, -0.1) is 0 Å². The van der Waals surface area contributed by atoms with Crippen molar-refractivity contribution in [2.24, 2.45) is 51.2 Å². The number of allylic oxidation sites excluding steroid dienone is 3. The molecule has 0 aromatic heterocycles. The maximum Gasteiger partial charge on any atom is 0.335 e. The molecule has 1 saturated heterocycles. The first-order chi connectivity index (χ1) is 24.6. The highest BCUT2D eigenvalue weighted by atomic mass is 16.4. The minimum atomic E-state index is -0.860. The first-order valence-corrected chi connectivity index (χ1v) is 21.1. The van der Waals surface area contributed by atoms with E-state index in [0.29, 0.717) is 58.3 Å². The molecule has 1 heterocycles. The van der Waals surface area contributed by atoms with Crippen molar-refractivity contribution in [2.75, 3.05) is 39.3 Å². The van der Waals surface area contributed by atoms with Gasteiger partial charge in [-0.1, -0.05) is 71.9 Å². The quantitative estimate of drug-likeness (QED) is 0.250. The fourth-order valence-electron chi connectivity index (χ4n) is 14.4. The van der Waals surface area contributed by atoms with E-state index in [1.807, 2.05) is 12.1 Å². The molecule has 52 heavy (non-hydrogen) atoms. The summed E-state index contributed by atoms with van der Waals surface area (Å²) in [5.41, 5.74) is 5.44. The summed E-state index contributed by atoms with van der Waals surface area (Å²) < 4.78 is 0. The van der Waals surface area contributed by atoms with E-state index in [4.69, 9.17) is 0 Å². The summed E-state index contributed by atoms with van der Waals surface area (Å²) >= 11 is 0. The molecule has 1 aliphatic heterocycles. The van der Waals surface area contributed by atoms with Gasteiger partial charge in [0.25, 0.3) is 0 Å². The lowest BCUT2D eigenvalue weighted by molar-refractivity contribution is -0.219. The average Bonchev–Trinajstić information content (AvgIpc) is 3.49. The molecule has 7 rings (SSSR count). The van der Waals surface area contributed by atoms with E-state index in [1.165, 1.54) is 68.1 Å². The van der Waals surface area contributed by atoms with Crippen LogP contribution in [0.1, 0.15) is 135 Å².